The normalized spacial score (nSPS) is 15.8. The number of carbonyl (C=O) groups is 1. The molecule has 0 unspecified atom stereocenters. The monoisotopic (exact) mass is 403 g/mol. The van der Waals surface area contributed by atoms with Crippen molar-refractivity contribution in [3.8, 4) is 16.9 Å². The van der Waals surface area contributed by atoms with Gasteiger partial charge in [0.1, 0.15) is 5.75 Å². The molecule has 30 heavy (non-hydrogen) atoms. The van der Waals surface area contributed by atoms with Crippen LogP contribution in [0, 0.1) is 0 Å². The van der Waals surface area contributed by atoms with Gasteiger partial charge in [-0.1, -0.05) is 12.1 Å². The molecule has 1 aromatic carbocycles. The molecule has 1 amide bonds. The van der Waals surface area contributed by atoms with Crippen molar-refractivity contribution in [1.29, 1.82) is 0 Å². The van der Waals surface area contributed by atoms with Crippen molar-refractivity contribution < 1.29 is 9.53 Å². The molecule has 2 aromatic heterocycles. The maximum absolute atomic E-state index is 13.5. The van der Waals surface area contributed by atoms with E-state index in [0.717, 1.165) is 29.7 Å². The van der Waals surface area contributed by atoms with Crippen LogP contribution in [0.1, 0.15) is 34.9 Å². The molecule has 7 heteroatoms. The highest BCUT2D eigenvalue weighted by molar-refractivity contribution is 5.97. The van der Waals surface area contributed by atoms with Crippen molar-refractivity contribution in [3.05, 3.63) is 66.2 Å². The fraction of sp³-hybridized carbons (Fsp3) is 0.304. The van der Waals surface area contributed by atoms with E-state index in [2.05, 4.69) is 9.97 Å². The Morgan fingerprint density at radius 2 is 1.93 bits per heavy atom. The minimum absolute atomic E-state index is 0.0411. The second-order valence-electron chi connectivity index (χ2n) is 7.46. The largest absolute Gasteiger partial charge is 0.496 e. The number of likely N-dealkylation sites (tertiary alicyclic amines) is 1. The van der Waals surface area contributed by atoms with Gasteiger partial charge in [0, 0.05) is 44.8 Å². The molecule has 1 saturated heterocycles. The zero-order valence-corrected chi connectivity index (χ0v) is 17.4. The number of hydrogen-bond acceptors (Lipinski definition) is 6. The van der Waals surface area contributed by atoms with Crippen LogP contribution in [0.25, 0.3) is 11.1 Å². The van der Waals surface area contributed by atoms with Gasteiger partial charge in [0.25, 0.3) is 5.91 Å². The summed E-state index contributed by atoms with van der Waals surface area (Å²) < 4.78 is 5.42. The first kappa shape index (κ1) is 19.8. The summed E-state index contributed by atoms with van der Waals surface area (Å²) in [6.07, 6.45) is 7.12. The first-order valence-electron chi connectivity index (χ1n) is 9.98. The Kier molecular flexibility index (Phi) is 5.61. The number of carbonyl (C=O) groups excluding carboxylic acids is 1. The van der Waals surface area contributed by atoms with Gasteiger partial charge in [0.15, 0.2) is 0 Å². The molecule has 154 valence electrons. The van der Waals surface area contributed by atoms with Crippen LogP contribution in [0.4, 0.5) is 5.95 Å². The number of anilines is 1. The molecule has 0 saturated carbocycles. The van der Waals surface area contributed by atoms with E-state index in [1.165, 1.54) is 0 Å². The lowest BCUT2D eigenvalue weighted by Gasteiger charge is -2.27. The molecule has 7 nitrogen and oxygen atoms in total. The Morgan fingerprint density at radius 1 is 1.17 bits per heavy atom. The molecule has 1 aliphatic heterocycles. The van der Waals surface area contributed by atoms with Gasteiger partial charge in [0.05, 0.1) is 24.4 Å². The van der Waals surface area contributed by atoms with E-state index < -0.39 is 0 Å². The minimum Gasteiger partial charge on any atom is -0.496 e. The van der Waals surface area contributed by atoms with Crippen molar-refractivity contribution in [2.75, 3.05) is 32.6 Å². The van der Waals surface area contributed by atoms with Crippen LogP contribution in [0.2, 0.25) is 0 Å². The highest BCUT2D eigenvalue weighted by Gasteiger charge is 2.34. The van der Waals surface area contributed by atoms with Crippen LogP contribution in [0.15, 0.2) is 55.0 Å². The summed E-state index contributed by atoms with van der Waals surface area (Å²) in [6, 6.07) is 11.1. The smallest absolute Gasteiger partial charge is 0.258 e. The van der Waals surface area contributed by atoms with Gasteiger partial charge in [0.2, 0.25) is 5.95 Å². The average molecular weight is 403 g/mol. The first-order chi connectivity index (χ1) is 14.6. The number of hydrogen-bond donors (Lipinski definition) is 0. The van der Waals surface area contributed by atoms with Crippen molar-refractivity contribution in [1.82, 2.24) is 19.9 Å². The average Bonchev–Trinajstić information content (AvgIpc) is 3.28. The van der Waals surface area contributed by atoms with E-state index in [1.54, 1.807) is 19.5 Å². The Hall–Kier alpha value is -3.48. The number of pyridine rings is 1. The van der Waals surface area contributed by atoms with Gasteiger partial charge in [-0.2, -0.15) is 0 Å². The maximum Gasteiger partial charge on any atom is 0.258 e. The summed E-state index contributed by atoms with van der Waals surface area (Å²) in [4.78, 5) is 30.7. The lowest BCUT2D eigenvalue weighted by Crippen LogP contribution is -2.32. The third-order valence-corrected chi connectivity index (χ3v) is 5.36. The summed E-state index contributed by atoms with van der Waals surface area (Å²) in [7, 11) is 5.41. The minimum atomic E-state index is -0.132. The zero-order valence-electron chi connectivity index (χ0n) is 17.4. The predicted molar refractivity (Wildman–Crippen MR) is 116 cm³/mol. The van der Waals surface area contributed by atoms with Crippen molar-refractivity contribution in [2.45, 2.75) is 18.9 Å². The summed E-state index contributed by atoms with van der Waals surface area (Å²) in [5.41, 5.74) is 3.34. The van der Waals surface area contributed by atoms with E-state index >= 15 is 0 Å². The molecule has 0 N–H and O–H groups in total. The van der Waals surface area contributed by atoms with Crippen LogP contribution in [-0.4, -0.2) is 53.5 Å². The van der Waals surface area contributed by atoms with Crippen molar-refractivity contribution in [3.63, 3.8) is 0 Å². The molecule has 0 bridgehead atoms. The molecule has 3 heterocycles. The molecule has 1 atom stereocenters. The topological polar surface area (TPSA) is 71.5 Å². The number of para-hydroxylation sites is 1. The Labute approximate surface area is 176 Å². The van der Waals surface area contributed by atoms with E-state index in [4.69, 9.17) is 9.72 Å². The summed E-state index contributed by atoms with van der Waals surface area (Å²) in [6.45, 7) is 0.679. The summed E-state index contributed by atoms with van der Waals surface area (Å²) >= 11 is 0. The zero-order chi connectivity index (χ0) is 21.1. The van der Waals surface area contributed by atoms with Gasteiger partial charge in [-0.3, -0.25) is 9.78 Å². The third-order valence-electron chi connectivity index (χ3n) is 5.36. The fourth-order valence-corrected chi connectivity index (χ4v) is 3.88. The first-order valence-corrected chi connectivity index (χ1v) is 9.98. The Bertz CT molecular complexity index is 1040. The van der Waals surface area contributed by atoms with Crippen LogP contribution >= 0.6 is 0 Å². The molecular weight excluding hydrogens is 378 g/mol. The Morgan fingerprint density at radius 3 is 2.67 bits per heavy atom. The highest BCUT2D eigenvalue weighted by atomic mass is 16.5. The van der Waals surface area contributed by atoms with Crippen molar-refractivity contribution in [2.24, 2.45) is 0 Å². The van der Waals surface area contributed by atoms with Gasteiger partial charge in [-0.05, 0) is 42.7 Å². The van der Waals surface area contributed by atoms with Gasteiger partial charge in [-0.25, -0.2) is 9.97 Å². The van der Waals surface area contributed by atoms with E-state index in [9.17, 15) is 4.79 Å². The maximum atomic E-state index is 13.5. The highest BCUT2D eigenvalue weighted by Crippen LogP contribution is 2.38. The van der Waals surface area contributed by atoms with Crippen LogP contribution in [-0.2, 0) is 0 Å². The fourth-order valence-electron chi connectivity index (χ4n) is 3.88. The van der Waals surface area contributed by atoms with Crippen LogP contribution in [0.3, 0.4) is 0 Å². The summed E-state index contributed by atoms with van der Waals surface area (Å²) in [5.74, 6) is 1.17. The van der Waals surface area contributed by atoms with Crippen LogP contribution in [0.5, 0.6) is 5.75 Å². The summed E-state index contributed by atoms with van der Waals surface area (Å²) in [5, 5.41) is 0. The van der Waals surface area contributed by atoms with Crippen molar-refractivity contribution >= 4 is 11.9 Å². The second-order valence-corrected chi connectivity index (χ2v) is 7.46. The molecule has 3 aromatic rings. The third kappa shape index (κ3) is 3.70. The molecular formula is C23H25N5O2. The standard InChI is InChI=1S/C23H25N5O2/c1-27(2)23-25-15-18(16-10-12-24-13-11-16)21(26-23)19-8-6-14-28(19)22(29)17-7-4-5-9-20(17)30-3/h4-5,7,9-13,15,19H,6,8,14H2,1-3H3/t19-/m0/s1. The number of nitrogens with zero attached hydrogens (tertiary/aromatic N) is 5. The van der Waals surface area contributed by atoms with E-state index in [-0.39, 0.29) is 11.9 Å². The number of methoxy groups -OCH3 is 1. The number of ether oxygens (including phenoxy) is 1. The predicted octanol–water partition coefficient (Wildman–Crippen LogP) is 3.59. The molecule has 0 aliphatic carbocycles. The number of aromatic nitrogens is 3. The van der Waals surface area contributed by atoms with E-state index in [0.29, 0.717) is 23.8 Å². The molecule has 4 rings (SSSR count). The SMILES string of the molecule is COc1ccccc1C(=O)N1CCC[C@H]1c1nc(N(C)C)ncc1-c1ccncc1. The number of rotatable bonds is 5. The second kappa shape index (κ2) is 8.49. The van der Waals surface area contributed by atoms with Gasteiger partial charge in [-0.15, -0.1) is 0 Å². The lowest BCUT2D eigenvalue weighted by atomic mass is 10.00. The van der Waals surface area contributed by atoms with Gasteiger partial charge < -0.3 is 14.5 Å². The molecule has 0 radical (unpaired) electrons. The quantitative estimate of drug-likeness (QED) is 0.648. The molecule has 1 fully saturated rings. The molecule has 0 spiro atoms. The number of amides is 1. The van der Waals surface area contributed by atoms with E-state index in [1.807, 2.05) is 66.5 Å². The number of benzene rings is 1. The van der Waals surface area contributed by atoms with Crippen LogP contribution < -0.4 is 9.64 Å². The lowest BCUT2D eigenvalue weighted by molar-refractivity contribution is 0.0730. The molecule has 1 aliphatic rings. The Balaban J connectivity index is 1.78. The van der Waals surface area contributed by atoms with Gasteiger partial charge >= 0.3 is 0 Å².